The van der Waals surface area contributed by atoms with Gasteiger partial charge in [0.05, 0.1) is 24.8 Å². The van der Waals surface area contributed by atoms with Crippen molar-refractivity contribution < 1.29 is 27.5 Å². The summed E-state index contributed by atoms with van der Waals surface area (Å²) in [6.45, 7) is 2.89. The Balaban J connectivity index is 1.87. The lowest BCUT2D eigenvalue weighted by atomic mass is 10.0. The number of sulfonamides is 1. The summed E-state index contributed by atoms with van der Waals surface area (Å²) in [5.74, 6) is -0.532. The average Bonchev–Trinajstić information content (AvgIpc) is 3.05. The average molecular weight is 699 g/mol. The van der Waals surface area contributed by atoms with Crippen LogP contribution in [0, 0.1) is 13.8 Å². The molecule has 4 rings (SSSR count). The zero-order valence-corrected chi connectivity index (χ0v) is 29.1. The molecule has 0 bridgehead atoms. The van der Waals surface area contributed by atoms with Crippen LogP contribution >= 0.6 is 23.2 Å². The molecule has 1 atom stereocenters. The molecule has 0 aliphatic rings. The van der Waals surface area contributed by atoms with Gasteiger partial charge in [-0.05, 0) is 66.9 Å². The van der Waals surface area contributed by atoms with Crippen molar-refractivity contribution in [1.82, 2.24) is 10.2 Å². The second-order valence-corrected chi connectivity index (χ2v) is 13.6. The molecule has 0 aliphatic carbocycles. The summed E-state index contributed by atoms with van der Waals surface area (Å²) < 4.78 is 40.6. The van der Waals surface area contributed by atoms with Crippen LogP contribution in [0.15, 0.2) is 89.8 Å². The van der Waals surface area contributed by atoms with Crippen LogP contribution in [-0.4, -0.2) is 59.0 Å². The van der Waals surface area contributed by atoms with E-state index in [9.17, 15) is 18.0 Å². The minimum Gasteiger partial charge on any atom is -0.493 e. The molecule has 12 heteroatoms. The number of carbonyl (C=O) groups excluding carboxylic acids is 2. The topological polar surface area (TPSA) is 105 Å². The number of amides is 2. The van der Waals surface area contributed by atoms with Crippen molar-refractivity contribution in [2.75, 3.05) is 32.1 Å². The summed E-state index contributed by atoms with van der Waals surface area (Å²) in [5, 5.41) is 3.26. The molecule has 0 fully saturated rings. The fourth-order valence-electron chi connectivity index (χ4n) is 5.30. The number of aryl methyl sites for hydroxylation is 2. The second-order valence-electron chi connectivity index (χ2n) is 10.9. The number of nitrogens with one attached hydrogen (secondary N) is 1. The van der Waals surface area contributed by atoms with Crippen molar-refractivity contribution in [3.05, 3.63) is 117 Å². The normalized spacial score (nSPS) is 11.8. The van der Waals surface area contributed by atoms with E-state index in [1.165, 1.54) is 44.4 Å². The summed E-state index contributed by atoms with van der Waals surface area (Å²) in [5.41, 5.74) is 3.10. The van der Waals surface area contributed by atoms with Gasteiger partial charge in [0.2, 0.25) is 11.8 Å². The molecular formula is C35H37Cl2N3O6S. The molecule has 0 saturated carbocycles. The van der Waals surface area contributed by atoms with Gasteiger partial charge in [-0.15, -0.1) is 0 Å². The molecule has 1 N–H and O–H groups in total. The number of ether oxygens (including phenoxy) is 2. The summed E-state index contributed by atoms with van der Waals surface area (Å²) in [6.07, 6.45) is 0.153. The van der Waals surface area contributed by atoms with E-state index < -0.39 is 34.4 Å². The van der Waals surface area contributed by atoms with Crippen LogP contribution in [0.4, 0.5) is 5.69 Å². The lowest BCUT2D eigenvalue weighted by Crippen LogP contribution is -2.53. The largest absolute Gasteiger partial charge is 0.493 e. The maximum atomic E-state index is 14.6. The molecule has 2 amide bonds. The third kappa shape index (κ3) is 8.38. The van der Waals surface area contributed by atoms with Gasteiger partial charge in [-0.25, -0.2) is 8.42 Å². The van der Waals surface area contributed by atoms with Gasteiger partial charge >= 0.3 is 0 Å². The highest BCUT2D eigenvalue weighted by molar-refractivity contribution is 7.92. The van der Waals surface area contributed by atoms with Crippen LogP contribution in [-0.2, 0) is 32.6 Å². The number of halogens is 2. The van der Waals surface area contributed by atoms with E-state index in [0.717, 1.165) is 21.0 Å². The molecule has 47 heavy (non-hydrogen) atoms. The second kappa shape index (κ2) is 15.6. The number of likely N-dealkylation sites (N-methyl/N-ethyl adjacent to an activating group) is 1. The van der Waals surface area contributed by atoms with E-state index in [1.807, 2.05) is 50.2 Å². The molecule has 248 valence electrons. The van der Waals surface area contributed by atoms with E-state index in [2.05, 4.69) is 5.32 Å². The lowest BCUT2D eigenvalue weighted by Gasteiger charge is -2.34. The van der Waals surface area contributed by atoms with Crippen LogP contribution in [0.1, 0.15) is 22.3 Å². The molecule has 4 aromatic carbocycles. The highest BCUT2D eigenvalue weighted by Gasteiger charge is 2.35. The summed E-state index contributed by atoms with van der Waals surface area (Å²) in [6, 6.07) is 22.7. The number of methoxy groups -OCH3 is 2. The third-order valence-corrected chi connectivity index (χ3v) is 10.1. The molecule has 9 nitrogen and oxygen atoms in total. The SMILES string of the molecule is CNC(=O)C(Cc1ccccc1)N(Cc1c(Cl)cccc1Cl)C(=O)CN(c1cc(C)cc(C)c1)S(=O)(=O)c1ccc(OC)c(OC)c1. The molecule has 0 saturated heterocycles. The molecule has 4 aromatic rings. The summed E-state index contributed by atoms with van der Waals surface area (Å²) in [4.78, 5) is 29.3. The van der Waals surface area contributed by atoms with Crippen molar-refractivity contribution >= 4 is 50.7 Å². The fourth-order valence-corrected chi connectivity index (χ4v) is 7.23. The van der Waals surface area contributed by atoms with Gasteiger partial charge in [0.1, 0.15) is 12.6 Å². The minimum absolute atomic E-state index is 0.116. The Labute approximate surface area is 286 Å². The Morgan fingerprint density at radius 1 is 0.830 bits per heavy atom. The van der Waals surface area contributed by atoms with Crippen LogP contribution in [0.5, 0.6) is 11.5 Å². The Kier molecular flexibility index (Phi) is 11.8. The highest BCUT2D eigenvalue weighted by atomic mass is 35.5. The molecular weight excluding hydrogens is 661 g/mol. The third-order valence-electron chi connectivity index (χ3n) is 7.62. The van der Waals surface area contributed by atoms with Crippen molar-refractivity contribution in [2.45, 2.75) is 37.8 Å². The molecule has 0 aromatic heterocycles. The number of nitrogens with zero attached hydrogens (tertiary/aromatic N) is 2. The van der Waals surface area contributed by atoms with Crippen LogP contribution in [0.25, 0.3) is 0 Å². The van der Waals surface area contributed by atoms with Gasteiger partial charge in [0, 0.05) is 41.7 Å². The highest BCUT2D eigenvalue weighted by Crippen LogP contribution is 2.33. The number of hydrogen-bond acceptors (Lipinski definition) is 6. The standard InChI is InChI=1S/C35H37Cl2N3O6S/c1-23-16-24(2)18-26(17-23)40(47(43,44)27-14-15-32(45-4)33(20-27)46-5)22-34(41)39(21-28-29(36)12-9-13-30(28)37)31(35(42)38-3)19-25-10-7-6-8-11-25/h6-18,20,31H,19,21-22H2,1-5H3,(H,38,42). The number of benzene rings is 4. The van der Waals surface area contributed by atoms with Crippen molar-refractivity contribution in [2.24, 2.45) is 0 Å². The fraction of sp³-hybridized carbons (Fsp3) is 0.257. The molecule has 0 aliphatic heterocycles. The van der Waals surface area contributed by atoms with E-state index in [4.69, 9.17) is 32.7 Å². The number of anilines is 1. The Morgan fingerprint density at radius 3 is 2.02 bits per heavy atom. The smallest absolute Gasteiger partial charge is 0.264 e. The predicted molar refractivity (Wildman–Crippen MR) is 185 cm³/mol. The quantitative estimate of drug-likeness (QED) is 0.178. The van der Waals surface area contributed by atoms with Gasteiger partial charge in [0.15, 0.2) is 11.5 Å². The Morgan fingerprint density at radius 2 is 1.45 bits per heavy atom. The maximum Gasteiger partial charge on any atom is 0.264 e. The Bertz CT molecular complexity index is 1810. The van der Waals surface area contributed by atoms with Crippen LogP contribution in [0.2, 0.25) is 10.0 Å². The molecule has 0 spiro atoms. The first kappa shape index (κ1) is 35.6. The molecule has 0 radical (unpaired) electrons. The van der Waals surface area contributed by atoms with Crippen molar-refractivity contribution in [3.63, 3.8) is 0 Å². The van der Waals surface area contributed by atoms with Gasteiger partial charge < -0.3 is 19.7 Å². The number of hydrogen-bond donors (Lipinski definition) is 1. The minimum atomic E-state index is -4.38. The van der Waals surface area contributed by atoms with Gasteiger partial charge in [-0.1, -0.05) is 65.7 Å². The lowest BCUT2D eigenvalue weighted by molar-refractivity contribution is -0.139. The summed E-state index contributed by atoms with van der Waals surface area (Å²) in [7, 11) is -0.0402. The zero-order chi connectivity index (χ0) is 34.3. The predicted octanol–water partition coefficient (Wildman–Crippen LogP) is 6.21. The first-order chi connectivity index (χ1) is 22.4. The van der Waals surface area contributed by atoms with Gasteiger partial charge in [0.25, 0.3) is 10.0 Å². The Hall–Kier alpha value is -4.25. The van der Waals surface area contributed by atoms with Gasteiger partial charge in [-0.3, -0.25) is 13.9 Å². The van der Waals surface area contributed by atoms with Crippen LogP contribution in [0.3, 0.4) is 0 Å². The summed E-state index contributed by atoms with van der Waals surface area (Å²) >= 11 is 13.1. The van der Waals surface area contributed by atoms with E-state index in [0.29, 0.717) is 21.4 Å². The molecule has 1 unspecified atom stereocenters. The maximum absolute atomic E-state index is 14.6. The first-order valence-corrected chi connectivity index (χ1v) is 16.9. The zero-order valence-electron chi connectivity index (χ0n) is 26.8. The monoisotopic (exact) mass is 697 g/mol. The first-order valence-electron chi connectivity index (χ1n) is 14.7. The number of carbonyl (C=O) groups is 2. The van der Waals surface area contributed by atoms with Crippen molar-refractivity contribution in [3.8, 4) is 11.5 Å². The van der Waals surface area contributed by atoms with Crippen molar-refractivity contribution in [1.29, 1.82) is 0 Å². The van der Waals surface area contributed by atoms with Crippen LogP contribution < -0.4 is 19.1 Å². The van der Waals surface area contributed by atoms with Gasteiger partial charge in [-0.2, -0.15) is 0 Å². The number of rotatable bonds is 13. The van der Waals surface area contributed by atoms with E-state index >= 15 is 0 Å². The van der Waals surface area contributed by atoms with E-state index in [1.54, 1.807) is 30.3 Å². The van der Waals surface area contributed by atoms with E-state index in [-0.39, 0.29) is 29.3 Å². The molecule has 0 heterocycles.